The Bertz CT molecular complexity index is 936. The number of anilines is 2. The van der Waals surface area contributed by atoms with Crippen LogP contribution in [-0.4, -0.2) is 32.5 Å². The summed E-state index contributed by atoms with van der Waals surface area (Å²) in [5.41, 5.74) is 0.335. The van der Waals surface area contributed by atoms with Crippen LogP contribution >= 0.6 is 22.9 Å². The van der Waals surface area contributed by atoms with E-state index in [4.69, 9.17) is 11.6 Å². The van der Waals surface area contributed by atoms with E-state index < -0.39 is 25.9 Å². The van der Waals surface area contributed by atoms with Gasteiger partial charge in [0.25, 0.3) is 10.0 Å². The number of hydrogen-bond acceptors (Lipinski definition) is 6. The molecule has 160 valence electrons. The lowest BCUT2D eigenvalue weighted by atomic mass is 10.00. The average Bonchev–Trinajstić information content (AvgIpc) is 3.02. The van der Waals surface area contributed by atoms with Crippen molar-refractivity contribution in [3.8, 4) is 0 Å². The molecule has 1 fully saturated rings. The second-order valence-corrected chi connectivity index (χ2v) is 9.95. The summed E-state index contributed by atoms with van der Waals surface area (Å²) in [5.74, 6) is -0.950. The Morgan fingerprint density at radius 1 is 1.24 bits per heavy atom. The summed E-state index contributed by atoms with van der Waals surface area (Å²) in [6.45, 7) is 1.75. The van der Waals surface area contributed by atoms with Crippen LogP contribution in [0.1, 0.15) is 38.5 Å². The summed E-state index contributed by atoms with van der Waals surface area (Å²) < 4.78 is 54.1. The van der Waals surface area contributed by atoms with Gasteiger partial charge in [-0.3, -0.25) is 4.72 Å². The number of thiazole rings is 1. The Hall–Kier alpha value is -1.49. The number of rotatable bonds is 11. The summed E-state index contributed by atoms with van der Waals surface area (Å²) in [4.78, 5) is 2.95. The molecular formula is C18H23ClF2N4O2S2. The first kappa shape index (κ1) is 22.2. The van der Waals surface area contributed by atoms with Crippen LogP contribution < -0.4 is 15.4 Å². The lowest BCUT2D eigenvalue weighted by molar-refractivity contribution is 0.339. The number of halogens is 3. The van der Waals surface area contributed by atoms with Crippen molar-refractivity contribution < 1.29 is 17.2 Å². The van der Waals surface area contributed by atoms with Gasteiger partial charge in [-0.25, -0.2) is 17.8 Å². The maximum atomic E-state index is 14.4. The van der Waals surface area contributed by atoms with Crippen LogP contribution in [0, 0.1) is 10.9 Å². The van der Waals surface area contributed by atoms with Crippen molar-refractivity contribution in [1.82, 2.24) is 10.3 Å². The zero-order valence-corrected chi connectivity index (χ0v) is 18.1. The van der Waals surface area contributed by atoms with Crippen LogP contribution in [0.15, 0.2) is 23.2 Å². The first-order valence-corrected chi connectivity index (χ1v) is 12.1. The number of benzene rings is 1. The van der Waals surface area contributed by atoms with E-state index in [1.807, 2.05) is 4.72 Å². The van der Waals surface area contributed by atoms with Crippen LogP contribution in [0.2, 0.25) is 5.02 Å². The van der Waals surface area contributed by atoms with E-state index in [0.29, 0.717) is 29.6 Å². The van der Waals surface area contributed by atoms with Gasteiger partial charge in [-0.05, 0) is 37.9 Å². The van der Waals surface area contributed by atoms with Gasteiger partial charge in [0.05, 0.1) is 16.9 Å². The molecule has 2 aromatic rings. The molecule has 0 bridgehead atoms. The molecule has 1 aliphatic heterocycles. The van der Waals surface area contributed by atoms with Crippen molar-refractivity contribution in [3.63, 3.8) is 0 Å². The maximum Gasteiger partial charge on any atom is 0.266 e. The second-order valence-electron chi connectivity index (χ2n) is 6.91. The molecule has 1 aliphatic rings. The highest BCUT2D eigenvalue weighted by Gasteiger charge is 2.23. The highest BCUT2D eigenvalue weighted by Crippen LogP contribution is 2.30. The number of sulfonamides is 1. The van der Waals surface area contributed by atoms with Crippen LogP contribution in [0.4, 0.5) is 19.6 Å². The molecule has 0 aliphatic carbocycles. The third-order valence-corrected chi connectivity index (χ3v) is 7.23. The molecule has 0 unspecified atom stereocenters. The Morgan fingerprint density at radius 3 is 2.66 bits per heavy atom. The van der Waals surface area contributed by atoms with Gasteiger partial charge in [-0.2, -0.15) is 4.39 Å². The van der Waals surface area contributed by atoms with Crippen molar-refractivity contribution in [3.05, 3.63) is 34.3 Å². The fourth-order valence-corrected chi connectivity index (χ4v) is 5.20. The molecule has 1 atom stereocenters. The van der Waals surface area contributed by atoms with E-state index >= 15 is 0 Å². The smallest absolute Gasteiger partial charge is 0.266 e. The predicted octanol–water partition coefficient (Wildman–Crippen LogP) is 4.60. The molecule has 0 amide bonds. The number of aromatic nitrogens is 1. The minimum Gasteiger partial charge on any atom is -0.384 e. The Labute approximate surface area is 178 Å². The molecule has 3 rings (SSSR count). The van der Waals surface area contributed by atoms with Gasteiger partial charge in [-0.1, -0.05) is 42.2 Å². The molecule has 1 aromatic heterocycles. The highest BCUT2D eigenvalue weighted by molar-refractivity contribution is 7.93. The summed E-state index contributed by atoms with van der Waals surface area (Å²) in [7, 11) is -4.27. The fourth-order valence-electron chi connectivity index (χ4n) is 3.03. The normalized spacial score (nSPS) is 16.4. The topological polar surface area (TPSA) is 83.1 Å². The van der Waals surface area contributed by atoms with E-state index in [0.717, 1.165) is 44.1 Å². The van der Waals surface area contributed by atoms with Gasteiger partial charge < -0.3 is 10.6 Å². The highest BCUT2D eigenvalue weighted by atomic mass is 35.5. The van der Waals surface area contributed by atoms with Crippen LogP contribution in [0.3, 0.4) is 0 Å². The first-order valence-electron chi connectivity index (χ1n) is 9.45. The van der Waals surface area contributed by atoms with Crippen LogP contribution in [0.25, 0.3) is 0 Å². The molecule has 1 saturated heterocycles. The van der Waals surface area contributed by atoms with E-state index in [2.05, 4.69) is 15.6 Å². The van der Waals surface area contributed by atoms with Gasteiger partial charge in [0.2, 0.25) is 0 Å². The quantitative estimate of drug-likeness (QED) is 0.423. The average molecular weight is 465 g/mol. The van der Waals surface area contributed by atoms with E-state index in [1.165, 1.54) is 19.3 Å². The monoisotopic (exact) mass is 464 g/mol. The number of nitrogens with one attached hydrogen (secondary N) is 3. The number of nitrogens with zero attached hydrogens (tertiary/aromatic N) is 1. The third kappa shape index (κ3) is 6.24. The zero-order chi connectivity index (χ0) is 20.9. The van der Waals surface area contributed by atoms with E-state index in [-0.39, 0.29) is 10.2 Å². The lowest BCUT2D eigenvalue weighted by Crippen LogP contribution is -2.42. The second kappa shape index (κ2) is 10.0. The van der Waals surface area contributed by atoms with Crippen molar-refractivity contribution >= 4 is 43.8 Å². The molecular weight excluding hydrogens is 442 g/mol. The van der Waals surface area contributed by atoms with Gasteiger partial charge in [-0.15, -0.1) is 0 Å². The Balaban J connectivity index is 1.50. The summed E-state index contributed by atoms with van der Waals surface area (Å²) >= 11 is 6.64. The molecule has 11 heteroatoms. The van der Waals surface area contributed by atoms with Crippen molar-refractivity contribution in [1.29, 1.82) is 0 Å². The van der Waals surface area contributed by atoms with Crippen molar-refractivity contribution in [2.24, 2.45) is 0 Å². The molecule has 0 radical (unpaired) electrons. The molecule has 1 aromatic carbocycles. The van der Waals surface area contributed by atoms with Gasteiger partial charge in [0.15, 0.2) is 10.3 Å². The maximum absolute atomic E-state index is 14.4. The third-order valence-electron chi connectivity index (χ3n) is 4.73. The Kier molecular flexibility index (Phi) is 7.66. The van der Waals surface area contributed by atoms with Crippen molar-refractivity contribution in [2.45, 2.75) is 49.5 Å². The molecule has 29 heavy (non-hydrogen) atoms. The van der Waals surface area contributed by atoms with E-state index in [1.54, 1.807) is 0 Å². The zero-order valence-electron chi connectivity index (χ0n) is 15.7. The van der Waals surface area contributed by atoms with Gasteiger partial charge >= 0.3 is 0 Å². The largest absolute Gasteiger partial charge is 0.384 e. The fraction of sp³-hybridized carbons (Fsp3) is 0.500. The summed E-state index contributed by atoms with van der Waals surface area (Å²) in [6.07, 6.45) is 7.66. The summed E-state index contributed by atoms with van der Waals surface area (Å²) in [6, 6.07) is 2.78. The molecule has 2 heterocycles. The number of hydrogen-bond donors (Lipinski definition) is 3. The minimum atomic E-state index is -4.27. The number of unbranched alkanes of at least 4 members (excludes halogenated alkanes) is 3. The first-order chi connectivity index (χ1) is 13.8. The minimum absolute atomic E-state index is 0.0909. The van der Waals surface area contributed by atoms with Crippen LogP contribution in [-0.2, 0) is 10.0 Å². The molecule has 0 spiro atoms. The molecule has 3 N–H and O–H groups in total. The lowest BCUT2D eigenvalue weighted by Gasteiger charge is -2.27. The van der Waals surface area contributed by atoms with Gasteiger partial charge in [0.1, 0.15) is 10.7 Å². The molecule has 0 saturated carbocycles. The van der Waals surface area contributed by atoms with Crippen LogP contribution in [0.5, 0.6) is 0 Å². The standard InChI is InChI=1S/C18H23ClF2N4O2S2/c19-13-9-16(29(26,27)25-18-24-11-17(21)28-18)14(20)10-15(13)23-7-4-2-1-3-5-12-6-8-22-12/h9-12,22-23H,1-8H2,(H,24,25)/t12-/m0/s1. The van der Waals surface area contributed by atoms with Crippen molar-refractivity contribution in [2.75, 3.05) is 23.1 Å². The van der Waals surface area contributed by atoms with Gasteiger partial charge in [0, 0.05) is 12.6 Å². The SMILES string of the molecule is O=S(=O)(Nc1ncc(F)s1)c1cc(Cl)c(NCCCCCC[C@H]2CCN2)cc1F. The van der Waals surface area contributed by atoms with E-state index in [9.17, 15) is 17.2 Å². The Morgan fingerprint density at radius 2 is 2.00 bits per heavy atom. The predicted molar refractivity (Wildman–Crippen MR) is 112 cm³/mol. The molecule has 6 nitrogen and oxygen atoms in total. The summed E-state index contributed by atoms with van der Waals surface area (Å²) in [5, 5.41) is 5.68.